The lowest BCUT2D eigenvalue weighted by Crippen LogP contribution is -2.50. The first-order valence-electron chi connectivity index (χ1n) is 16.3. The Morgan fingerprint density at radius 2 is 2.02 bits per heavy atom. The number of methoxy groups -OCH3 is 1. The van der Waals surface area contributed by atoms with Crippen LogP contribution < -0.4 is 14.4 Å². The second-order valence-electron chi connectivity index (χ2n) is 13.4. The van der Waals surface area contributed by atoms with Gasteiger partial charge in [-0.15, -0.1) is 0 Å². The number of halogens is 1. The summed E-state index contributed by atoms with van der Waals surface area (Å²) in [7, 11) is -2.19. The van der Waals surface area contributed by atoms with Crippen LogP contribution in [0.4, 0.5) is 5.69 Å². The minimum Gasteiger partial charge on any atom is -0.490 e. The Morgan fingerprint density at radius 3 is 2.80 bits per heavy atom. The number of carbonyl (C=O) groups excluding carboxylic acids is 1. The van der Waals surface area contributed by atoms with Gasteiger partial charge >= 0.3 is 0 Å². The van der Waals surface area contributed by atoms with E-state index in [2.05, 4.69) is 27.8 Å². The predicted molar refractivity (Wildman–Crippen MR) is 177 cm³/mol. The van der Waals surface area contributed by atoms with Crippen LogP contribution in [0.2, 0.25) is 5.02 Å². The van der Waals surface area contributed by atoms with Crippen molar-refractivity contribution >= 4 is 33.2 Å². The molecule has 0 unspecified atom stereocenters. The van der Waals surface area contributed by atoms with Crippen LogP contribution in [0.25, 0.3) is 0 Å². The Kier molecular flexibility index (Phi) is 9.53. The predicted octanol–water partition coefficient (Wildman–Crippen LogP) is 6.06. The zero-order valence-corrected chi connectivity index (χ0v) is 28.0. The molecule has 45 heavy (non-hydrogen) atoms. The Balaban J connectivity index is 1.41. The molecule has 2 aliphatic carbocycles. The number of nitrogens with one attached hydrogen (secondary N) is 1. The topological polar surface area (TPSA) is 94.2 Å². The van der Waals surface area contributed by atoms with E-state index >= 15 is 0 Å². The molecule has 2 heterocycles. The number of rotatable bonds is 4. The molecule has 10 heteroatoms. The van der Waals surface area contributed by atoms with Gasteiger partial charge in [0.2, 0.25) is 10.0 Å². The van der Waals surface area contributed by atoms with Crippen LogP contribution in [0.1, 0.15) is 73.9 Å². The van der Waals surface area contributed by atoms with Crippen molar-refractivity contribution in [1.82, 2.24) is 4.72 Å². The van der Waals surface area contributed by atoms with E-state index in [9.17, 15) is 13.2 Å². The lowest BCUT2D eigenvalue weighted by molar-refractivity contribution is -0.0716. The highest BCUT2D eigenvalue weighted by molar-refractivity contribution is 7.90. The first kappa shape index (κ1) is 32.4. The Labute approximate surface area is 272 Å². The van der Waals surface area contributed by atoms with Gasteiger partial charge in [-0.3, -0.25) is 4.79 Å². The molecule has 6 rings (SSSR count). The second-order valence-corrected chi connectivity index (χ2v) is 16.0. The van der Waals surface area contributed by atoms with E-state index in [4.69, 9.17) is 25.8 Å². The average molecular weight is 657 g/mol. The van der Waals surface area contributed by atoms with Crippen molar-refractivity contribution in [2.24, 2.45) is 11.8 Å². The third-order valence-corrected chi connectivity index (χ3v) is 12.3. The quantitative estimate of drug-likeness (QED) is 0.400. The fourth-order valence-corrected chi connectivity index (χ4v) is 8.85. The molecule has 1 fully saturated rings. The zero-order chi connectivity index (χ0) is 31.8. The van der Waals surface area contributed by atoms with Crippen LogP contribution in [0.15, 0.2) is 48.6 Å². The summed E-state index contributed by atoms with van der Waals surface area (Å²) >= 11 is 6.43. The van der Waals surface area contributed by atoms with E-state index in [-0.39, 0.29) is 17.6 Å². The summed E-state index contributed by atoms with van der Waals surface area (Å²) in [5, 5.41) is 0.00954. The smallest absolute Gasteiger partial charge is 0.264 e. The van der Waals surface area contributed by atoms with Gasteiger partial charge in [0.05, 0.1) is 36.4 Å². The molecule has 6 atom stereocenters. The summed E-state index contributed by atoms with van der Waals surface area (Å²) in [6.07, 6.45) is 10.1. The molecule has 244 valence electrons. The van der Waals surface area contributed by atoms with Crippen LogP contribution >= 0.6 is 11.6 Å². The fourth-order valence-electron chi connectivity index (χ4n) is 7.63. The number of carbonyl (C=O) groups is 1. The van der Waals surface area contributed by atoms with Crippen molar-refractivity contribution in [3.05, 3.63) is 70.3 Å². The van der Waals surface area contributed by atoms with Gasteiger partial charge in [-0.05, 0) is 112 Å². The second kappa shape index (κ2) is 13.3. The number of fused-ring (bicyclic) bond motifs is 4. The molecule has 2 bridgehead atoms. The third-order valence-electron chi connectivity index (χ3n) is 10.3. The molecule has 0 radical (unpaired) electrons. The van der Waals surface area contributed by atoms with E-state index in [0.29, 0.717) is 49.2 Å². The summed E-state index contributed by atoms with van der Waals surface area (Å²) < 4.78 is 47.1. The van der Waals surface area contributed by atoms with E-state index in [1.165, 1.54) is 11.1 Å². The van der Waals surface area contributed by atoms with Crippen LogP contribution in [0, 0.1) is 11.8 Å². The largest absolute Gasteiger partial charge is 0.490 e. The van der Waals surface area contributed by atoms with E-state index in [1.807, 2.05) is 31.2 Å². The molecule has 1 amide bonds. The molecule has 4 aliphatic rings. The number of allylic oxidation sites excluding steroid dienone is 1. The number of amides is 1. The van der Waals surface area contributed by atoms with Crippen molar-refractivity contribution in [3.8, 4) is 5.75 Å². The van der Waals surface area contributed by atoms with Gasteiger partial charge in [-0.1, -0.05) is 29.8 Å². The number of aryl methyl sites for hydroxylation is 1. The lowest BCUT2D eigenvalue weighted by Gasteiger charge is -2.46. The van der Waals surface area contributed by atoms with Crippen molar-refractivity contribution in [2.75, 3.05) is 38.3 Å². The molecule has 0 aromatic heterocycles. The van der Waals surface area contributed by atoms with Crippen molar-refractivity contribution in [2.45, 2.75) is 81.7 Å². The molecule has 8 nitrogen and oxygen atoms in total. The Morgan fingerprint density at radius 1 is 1.18 bits per heavy atom. The number of anilines is 1. The van der Waals surface area contributed by atoms with Gasteiger partial charge in [-0.2, -0.15) is 0 Å². The number of hydrogen-bond donors (Lipinski definition) is 1. The van der Waals surface area contributed by atoms with Gasteiger partial charge in [0, 0.05) is 36.2 Å². The van der Waals surface area contributed by atoms with Crippen LogP contribution in [0.3, 0.4) is 0 Å². The SMILES string of the molecule is COC[C@@H](C)O[C@H]1/C=C\CC[C@@H](C)S(=O)(=O)NC(=O)c2ccc3c(c2)N(C[C@@H]2CC[C@H]21)C[C@@]1(CCCc2cc(Cl)ccc21)CO3. The first-order chi connectivity index (χ1) is 21.6. The molecule has 1 spiro atoms. The summed E-state index contributed by atoms with van der Waals surface area (Å²) in [5.74, 6) is 0.766. The van der Waals surface area contributed by atoms with Crippen molar-refractivity contribution in [3.63, 3.8) is 0 Å². The highest BCUT2D eigenvalue weighted by atomic mass is 35.5. The summed E-state index contributed by atoms with van der Waals surface area (Å²) in [5.41, 5.74) is 3.42. The van der Waals surface area contributed by atoms with E-state index in [1.54, 1.807) is 20.1 Å². The molecule has 1 saturated carbocycles. The summed E-state index contributed by atoms with van der Waals surface area (Å²) in [6, 6.07) is 11.5. The number of hydrogen-bond acceptors (Lipinski definition) is 7. The minimum absolute atomic E-state index is 0.0743. The highest BCUT2D eigenvalue weighted by Gasteiger charge is 2.44. The molecular weight excluding hydrogens is 612 g/mol. The number of benzene rings is 2. The van der Waals surface area contributed by atoms with Crippen molar-refractivity contribution < 1.29 is 27.4 Å². The van der Waals surface area contributed by atoms with Crippen LogP contribution in [-0.4, -0.2) is 65.2 Å². The number of nitrogens with zero attached hydrogens (tertiary/aromatic N) is 1. The number of sulfonamides is 1. The summed E-state index contributed by atoms with van der Waals surface area (Å²) in [6.45, 7) is 6.19. The van der Waals surface area contributed by atoms with Gasteiger partial charge in [-0.25, -0.2) is 13.1 Å². The maximum Gasteiger partial charge on any atom is 0.264 e. The maximum atomic E-state index is 13.4. The minimum atomic E-state index is -3.87. The van der Waals surface area contributed by atoms with Gasteiger partial charge < -0.3 is 19.1 Å². The standard InChI is InChI=1S/C35H45ClN2O6S/c1-23(20-42-3)44-32-9-5-4-7-24(2)45(40,41)37-34(39)26-11-15-33-31(18-26)38(19-27-10-13-29(27)32)21-35(22-43-33)16-6-8-25-17-28(36)12-14-30(25)35/h5,9,11-12,14-15,17-18,23-24,27,29,32H,4,6-8,10,13,16,19-22H2,1-3H3,(H,37,39)/b9-5-/t23-,24-,27+,29-,32+,35+/m1/s1. The molecule has 2 aromatic rings. The maximum absolute atomic E-state index is 13.4. The van der Waals surface area contributed by atoms with E-state index < -0.39 is 21.2 Å². The first-order valence-corrected chi connectivity index (χ1v) is 18.2. The van der Waals surface area contributed by atoms with Gasteiger partial charge in [0.25, 0.3) is 5.91 Å². The van der Waals surface area contributed by atoms with E-state index in [0.717, 1.165) is 55.9 Å². The summed E-state index contributed by atoms with van der Waals surface area (Å²) in [4.78, 5) is 15.7. The normalized spacial score (nSPS) is 30.9. The van der Waals surface area contributed by atoms with Gasteiger partial charge in [0.1, 0.15) is 5.75 Å². The Bertz CT molecular complexity index is 1550. The average Bonchev–Trinajstić information content (AvgIpc) is 3.13. The van der Waals surface area contributed by atoms with Crippen molar-refractivity contribution in [1.29, 1.82) is 0 Å². The molecule has 0 saturated heterocycles. The zero-order valence-electron chi connectivity index (χ0n) is 26.5. The van der Waals surface area contributed by atoms with Crippen LogP contribution in [-0.2, 0) is 31.3 Å². The van der Waals surface area contributed by atoms with Crippen LogP contribution in [0.5, 0.6) is 5.75 Å². The number of ether oxygens (including phenoxy) is 3. The molecule has 2 aromatic carbocycles. The highest BCUT2D eigenvalue weighted by Crippen LogP contribution is 2.47. The third kappa shape index (κ3) is 6.78. The fraction of sp³-hybridized carbons (Fsp3) is 0.571. The molecular formula is C35H45ClN2O6S. The molecule has 1 N–H and O–H groups in total. The Hall–Kier alpha value is -2.59. The molecule has 2 aliphatic heterocycles. The van der Waals surface area contributed by atoms with Gasteiger partial charge in [0.15, 0.2) is 0 Å². The lowest BCUT2D eigenvalue weighted by atomic mass is 9.68. The monoisotopic (exact) mass is 656 g/mol.